The smallest absolute Gasteiger partial charge is 0.456 e. The van der Waals surface area contributed by atoms with Gasteiger partial charge in [-0.2, -0.15) is 13.2 Å². The molecule has 0 atom stereocenters. The number of carbonyl (C=O) groups is 1. The van der Waals surface area contributed by atoms with Crippen LogP contribution in [0.2, 0.25) is 5.02 Å². The first-order valence-electron chi connectivity index (χ1n) is 8.89. The van der Waals surface area contributed by atoms with E-state index in [-0.39, 0.29) is 19.4 Å². The molecular weight excluding hydrogens is 452 g/mol. The first kappa shape index (κ1) is 24.6. The van der Waals surface area contributed by atoms with Crippen LogP contribution in [0.4, 0.5) is 17.6 Å². The van der Waals surface area contributed by atoms with E-state index in [1.165, 1.54) is 18.0 Å². The second-order valence-electron chi connectivity index (χ2n) is 7.68. The van der Waals surface area contributed by atoms with Gasteiger partial charge in [0.25, 0.3) is 0 Å². The fraction of sp³-hybridized carbons (Fsp3) is 0.611. The average Bonchev–Trinajstić information content (AvgIpc) is 2.56. The molecule has 1 aliphatic rings. The van der Waals surface area contributed by atoms with Crippen LogP contribution < -0.4 is 4.72 Å². The van der Waals surface area contributed by atoms with Gasteiger partial charge in [0.2, 0.25) is 0 Å². The highest BCUT2D eigenvalue weighted by Gasteiger charge is 2.37. The maximum Gasteiger partial charge on any atom is 0.456 e. The number of esters is 1. The van der Waals surface area contributed by atoms with E-state index in [1.54, 1.807) is 32.9 Å². The van der Waals surface area contributed by atoms with Crippen molar-refractivity contribution in [3.05, 3.63) is 28.8 Å². The Morgan fingerprint density at radius 3 is 2.45 bits per heavy atom. The number of carbonyl (C=O) groups excluding carboxylic acids is 1. The Kier molecular flexibility index (Phi) is 8.17. The molecule has 0 unspecified atom stereocenters. The molecule has 164 valence electrons. The number of piperidine rings is 1. The van der Waals surface area contributed by atoms with Crippen LogP contribution in [0.3, 0.4) is 0 Å². The summed E-state index contributed by atoms with van der Waals surface area (Å²) in [5.74, 6) is -0.507. The lowest BCUT2D eigenvalue weighted by molar-refractivity contribution is -0.0339. The second-order valence-corrected chi connectivity index (χ2v) is 10.2. The third-order valence-corrected chi connectivity index (χ3v) is 5.91. The maximum atomic E-state index is 14.7. The molecular formula is C18H23ClF4N2O2S2. The lowest BCUT2D eigenvalue weighted by atomic mass is 9.95. The SMILES string of the molecule is CC(C)(C)OC(=O)c1cc(Cl)ccc1SN1CCC(F)(CNSC(F)(F)F)CC1. The lowest BCUT2D eigenvalue weighted by Gasteiger charge is -2.35. The van der Waals surface area contributed by atoms with Gasteiger partial charge in [0.1, 0.15) is 11.3 Å². The molecule has 1 aromatic carbocycles. The fourth-order valence-corrected chi connectivity index (χ4v) is 4.30. The second kappa shape index (κ2) is 9.64. The molecule has 0 bridgehead atoms. The highest BCUT2D eigenvalue weighted by molar-refractivity contribution is 7.98. The number of nitrogens with zero attached hydrogens (tertiary/aromatic N) is 1. The van der Waals surface area contributed by atoms with Crippen molar-refractivity contribution in [2.75, 3.05) is 19.6 Å². The number of alkyl halides is 4. The third-order valence-electron chi connectivity index (χ3n) is 3.98. The predicted octanol–water partition coefficient (Wildman–Crippen LogP) is 5.86. The molecule has 0 aromatic heterocycles. The number of nitrogens with one attached hydrogen (secondary N) is 1. The molecule has 1 N–H and O–H groups in total. The van der Waals surface area contributed by atoms with Crippen molar-refractivity contribution in [2.24, 2.45) is 0 Å². The predicted molar refractivity (Wildman–Crippen MR) is 109 cm³/mol. The van der Waals surface area contributed by atoms with Crippen molar-refractivity contribution in [2.45, 2.75) is 55.3 Å². The number of benzene rings is 1. The number of ether oxygens (including phenoxy) is 1. The molecule has 4 nitrogen and oxygen atoms in total. The molecule has 1 aliphatic heterocycles. The molecule has 1 heterocycles. The molecule has 0 saturated carbocycles. The Labute approximate surface area is 181 Å². The molecule has 11 heteroatoms. The monoisotopic (exact) mass is 474 g/mol. The van der Waals surface area contributed by atoms with Crippen LogP contribution in [-0.2, 0) is 4.74 Å². The minimum atomic E-state index is -4.44. The van der Waals surface area contributed by atoms with E-state index in [0.717, 1.165) is 0 Å². The van der Waals surface area contributed by atoms with Gasteiger partial charge in [0, 0.05) is 41.5 Å². The largest absolute Gasteiger partial charge is 0.456 e. The number of rotatable bonds is 6. The summed E-state index contributed by atoms with van der Waals surface area (Å²) in [5, 5.41) is 0.393. The van der Waals surface area contributed by atoms with Crippen molar-refractivity contribution in [3.8, 4) is 0 Å². The van der Waals surface area contributed by atoms with E-state index in [9.17, 15) is 22.4 Å². The Balaban J connectivity index is 1.97. The highest BCUT2D eigenvalue weighted by atomic mass is 35.5. The van der Waals surface area contributed by atoms with E-state index in [4.69, 9.17) is 16.3 Å². The normalized spacial score (nSPS) is 17.9. The summed E-state index contributed by atoms with van der Waals surface area (Å²) in [5.41, 5.74) is -6.50. The van der Waals surface area contributed by atoms with Gasteiger partial charge in [-0.3, -0.25) is 4.72 Å². The molecule has 1 fully saturated rings. The number of halogens is 5. The quantitative estimate of drug-likeness (QED) is 0.316. The van der Waals surface area contributed by atoms with Crippen LogP contribution in [0.25, 0.3) is 0 Å². The van der Waals surface area contributed by atoms with Crippen molar-refractivity contribution in [1.82, 2.24) is 9.03 Å². The Hall–Kier alpha value is -0.680. The van der Waals surface area contributed by atoms with Gasteiger partial charge in [-0.1, -0.05) is 11.6 Å². The Morgan fingerprint density at radius 2 is 1.90 bits per heavy atom. The zero-order chi connectivity index (χ0) is 21.9. The summed E-state index contributed by atoms with van der Waals surface area (Å²) in [6.07, 6.45) is 0.168. The molecule has 1 aromatic rings. The van der Waals surface area contributed by atoms with Gasteiger partial charge in [-0.15, -0.1) is 0 Å². The lowest BCUT2D eigenvalue weighted by Crippen LogP contribution is -2.44. The topological polar surface area (TPSA) is 41.6 Å². The summed E-state index contributed by atoms with van der Waals surface area (Å²) >= 11 is 6.88. The first-order chi connectivity index (χ1) is 13.3. The summed E-state index contributed by atoms with van der Waals surface area (Å²) in [7, 11) is 0. The molecule has 0 spiro atoms. The van der Waals surface area contributed by atoms with Crippen LogP contribution in [-0.4, -0.2) is 46.7 Å². The third kappa shape index (κ3) is 8.53. The Bertz CT molecular complexity index is 721. The van der Waals surface area contributed by atoms with E-state index in [0.29, 0.717) is 28.6 Å². The summed E-state index contributed by atoms with van der Waals surface area (Å²) in [6.45, 7) is 5.57. The minimum absolute atomic E-state index is 0.0841. The number of hydrogen-bond acceptors (Lipinski definition) is 6. The number of hydrogen-bond donors (Lipinski definition) is 1. The zero-order valence-corrected chi connectivity index (χ0v) is 18.6. The van der Waals surface area contributed by atoms with Crippen LogP contribution in [0.1, 0.15) is 44.0 Å². The summed E-state index contributed by atoms with van der Waals surface area (Å²) in [6, 6.07) is 4.88. The molecule has 1 saturated heterocycles. The molecule has 29 heavy (non-hydrogen) atoms. The Morgan fingerprint density at radius 1 is 1.28 bits per heavy atom. The fourth-order valence-electron chi connectivity index (χ4n) is 2.62. The summed E-state index contributed by atoms with van der Waals surface area (Å²) < 4.78 is 60.7. The maximum absolute atomic E-state index is 14.7. The van der Waals surface area contributed by atoms with Crippen LogP contribution >= 0.6 is 35.5 Å². The van der Waals surface area contributed by atoms with Gasteiger partial charge >= 0.3 is 11.5 Å². The average molecular weight is 475 g/mol. The van der Waals surface area contributed by atoms with Crippen molar-refractivity contribution < 1.29 is 27.1 Å². The van der Waals surface area contributed by atoms with Crippen molar-refractivity contribution in [1.29, 1.82) is 0 Å². The molecule has 0 amide bonds. The van der Waals surface area contributed by atoms with Crippen LogP contribution in [0, 0.1) is 0 Å². The van der Waals surface area contributed by atoms with E-state index >= 15 is 0 Å². The zero-order valence-electron chi connectivity index (χ0n) is 16.2. The molecule has 2 rings (SSSR count). The van der Waals surface area contributed by atoms with Gasteiger partial charge in [0.15, 0.2) is 0 Å². The van der Waals surface area contributed by atoms with E-state index < -0.39 is 34.7 Å². The van der Waals surface area contributed by atoms with Crippen molar-refractivity contribution in [3.63, 3.8) is 0 Å². The highest BCUT2D eigenvalue weighted by Crippen LogP contribution is 2.36. The van der Waals surface area contributed by atoms with E-state index in [1.807, 2.05) is 4.31 Å². The standard InChI is InChI=1S/C18H23ClF4N2O2S2/c1-16(2,3)27-15(26)13-10-12(19)4-5-14(13)28-25-8-6-17(20,7-9-25)11-24-29-18(21,22)23/h4-5,10,24H,6-9,11H2,1-3H3. The van der Waals surface area contributed by atoms with E-state index in [2.05, 4.69) is 4.72 Å². The van der Waals surface area contributed by atoms with Crippen molar-refractivity contribution >= 4 is 41.5 Å². The first-order valence-corrected chi connectivity index (χ1v) is 10.9. The van der Waals surface area contributed by atoms with Crippen LogP contribution in [0.15, 0.2) is 23.1 Å². The molecule has 0 radical (unpaired) electrons. The summed E-state index contributed by atoms with van der Waals surface area (Å²) in [4.78, 5) is 13.1. The minimum Gasteiger partial charge on any atom is -0.456 e. The van der Waals surface area contributed by atoms with Gasteiger partial charge in [-0.05, 0) is 63.8 Å². The molecule has 0 aliphatic carbocycles. The van der Waals surface area contributed by atoms with Gasteiger partial charge < -0.3 is 4.74 Å². The van der Waals surface area contributed by atoms with Gasteiger partial charge in [-0.25, -0.2) is 13.5 Å². The van der Waals surface area contributed by atoms with Gasteiger partial charge in [0.05, 0.1) is 5.56 Å². The van der Waals surface area contributed by atoms with Crippen LogP contribution in [0.5, 0.6) is 0 Å².